The zero-order chi connectivity index (χ0) is 20.3. The smallest absolute Gasteiger partial charge is 0.295 e. The summed E-state index contributed by atoms with van der Waals surface area (Å²) >= 11 is 0. The Morgan fingerprint density at radius 3 is 2.57 bits per heavy atom. The summed E-state index contributed by atoms with van der Waals surface area (Å²) in [4.78, 5) is 10.7. The van der Waals surface area contributed by atoms with Gasteiger partial charge in [-0.2, -0.15) is 9.41 Å². The third-order valence-electron chi connectivity index (χ3n) is 4.21. The van der Waals surface area contributed by atoms with Crippen LogP contribution in [0.1, 0.15) is 18.4 Å². The average molecular weight is 408 g/mol. The number of nitro benzene ring substituents is 1. The van der Waals surface area contributed by atoms with Crippen LogP contribution in [0.3, 0.4) is 0 Å². The zero-order valence-corrected chi connectivity index (χ0v) is 16.2. The van der Waals surface area contributed by atoms with E-state index in [0.717, 1.165) is 6.07 Å². The van der Waals surface area contributed by atoms with Crippen LogP contribution in [0.2, 0.25) is 0 Å². The summed E-state index contributed by atoms with van der Waals surface area (Å²) in [5.74, 6) is 1.24. The number of aryl methyl sites for hydroxylation is 1. The van der Waals surface area contributed by atoms with Gasteiger partial charge in [0.1, 0.15) is 22.9 Å². The minimum Gasteiger partial charge on any atom is -0.460 e. The van der Waals surface area contributed by atoms with E-state index in [1.807, 2.05) is 0 Å². The molecule has 1 aromatic carbocycles. The van der Waals surface area contributed by atoms with Gasteiger partial charge in [-0.05, 0) is 38.1 Å². The molecular formula is C17H20N4O6S. The molecule has 2 aromatic rings. The average Bonchev–Trinajstić information content (AvgIpc) is 3.13. The predicted octanol–water partition coefficient (Wildman–Crippen LogP) is 2.35. The number of furan rings is 1. The van der Waals surface area contributed by atoms with Crippen molar-refractivity contribution in [3.63, 3.8) is 0 Å². The van der Waals surface area contributed by atoms with E-state index >= 15 is 0 Å². The lowest BCUT2D eigenvalue weighted by Crippen LogP contribution is -2.40. The van der Waals surface area contributed by atoms with Crippen molar-refractivity contribution in [1.82, 2.24) is 4.31 Å². The van der Waals surface area contributed by atoms with E-state index < -0.39 is 14.9 Å². The first-order valence-electron chi connectivity index (χ1n) is 8.52. The Bertz CT molecular complexity index is 1010. The molecule has 11 heteroatoms. The number of hydrogen-bond donors (Lipinski definition) is 1. The van der Waals surface area contributed by atoms with Crippen LogP contribution in [0.5, 0.6) is 0 Å². The minimum atomic E-state index is -3.84. The van der Waals surface area contributed by atoms with Crippen molar-refractivity contribution in [2.75, 3.05) is 31.7 Å². The maximum atomic E-state index is 12.7. The molecule has 10 nitrogen and oxygen atoms in total. The quantitative estimate of drug-likeness (QED) is 0.441. The number of morpholine rings is 1. The highest BCUT2D eigenvalue weighted by Gasteiger charge is 2.28. The Hall–Kier alpha value is -2.76. The van der Waals surface area contributed by atoms with E-state index in [2.05, 4.69) is 10.5 Å². The van der Waals surface area contributed by atoms with E-state index in [9.17, 15) is 18.5 Å². The summed E-state index contributed by atoms with van der Waals surface area (Å²) in [7, 11) is -3.84. The molecule has 0 saturated carbocycles. The zero-order valence-electron chi connectivity index (χ0n) is 15.4. The van der Waals surface area contributed by atoms with E-state index in [0.29, 0.717) is 30.4 Å². The van der Waals surface area contributed by atoms with Crippen LogP contribution in [-0.2, 0) is 14.8 Å². The molecule has 0 aliphatic carbocycles. The van der Waals surface area contributed by atoms with Gasteiger partial charge in [-0.15, -0.1) is 0 Å². The summed E-state index contributed by atoms with van der Waals surface area (Å²) in [6.45, 7) is 4.49. The van der Waals surface area contributed by atoms with Crippen LogP contribution in [0.15, 0.2) is 44.7 Å². The van der Waals surface area contributed by atoms with Crippen molar-refractivity contribution < 1.29 is 22.5 Å². The van der Waals surface area contributed by atoms with Gasteiger partial charge in [0.15, 0.2) is 0 Å². The van der Waals surface area contributed by atoms with Crippen LogP contribution in [0, 0.1) is 17.0 Å². The molecule has 0 atom stereocenters. The fourth-order valence-electron chi connectivity index (χ4n) is 2.68. The third-order valence-corrected chi connectivity index (χ3v) is 6.11. The first-order chi connectivity index (χ1) is 13.3. The van der Waals surface area contributed by atoms with Gasteiger partial charge in [0, 0.05) is 19.2 Å². The first kappa shape index (κ1) is 20.0. The highest BCUT2D eigenvalue weighted by Crippen LogP contribution is 2.29. The third kappa shape index (κ3) is 4.21. The van der Waals surface area contributed by atoms with Crippen LogP contribution < -0.4 is 5.43 Å². The monoisotopic (exact) mass is 408 g/mol. The second kappa shape index (κ2) is 8.09. The normalized spacial score (nSPS) is 16.1. The molecule has 0 radical (unpaired) electrons. The molecular weight excluding hydrogens is 388 g/mol. The molecule has 2 heterocycles. The number of rotatable bonds is 6. The Morgan fingerprint density at radius 2 is 1.96 bits per heavy atom. The summed E-state index contributed by atoms with van der Waals surface area (Å²) in [6, 6.07) is 7.21. The van der Waals surface area contributed by atoms with Crippen molar-refractivity contribution in [2.45, 2.75) is 18.7 Å². The summed E-state index contributed by atoms with van der Waals surface area (Å²) in [5.41, 5.74) is 2.80. The number of nitro groups is 1. The fourth-order valence-corrected chi connectivity index (χ4v) is 4.11. The topological polar surface area (TPSA) is 127 Å². The molecule has 1 aliphatic rings. The van der Waals surface area contributed by atoms with Gasteiger partial charge in [0.25, 0.3) is 5.69 Å². The number of ether oxygens (including phenoxy) is 1. The molecule has 0 unspecified atom stereocenters. The minimum absolute atomic E-state index is 0.0774. The number of nitrogens with one attached hydrogen (secondary N) is 1. The van der Waals surface area contributed by atoms with E-state index in [-0.39, 0.29) is 29.4 Å². The SMILES string of the molecule is CC(=NNc1ccc(S(=O)(=O)N2CCOCC2)cc1[N+](=O)[O-])c1ccc(C)o1. The first-order valence-corrected chi connectivity index (χ1v) is 9.96. The number of hydrazone groups is 1. The maximum absolute atomic E-state index is 12.7. The predicted molar refractivity (Wildman–Crippen MR) is 102 cm³/mol. The second-order valence-corrected chi connectivity index (χ2v) is 8.11. The van der Waals surface area contributed by atoms with Crippen molar-refractivity contribution in [2.24, 2.45) is 5.10 Å². The van der Waals surface area contributed by atoms with Crippen LogP contribution in [-0.4, -0.2) is 49.7 Å². The molecule has 0 spiro atoms. The lowest BCUT2D eigenvalue weighted by molar-refractivity contribution is -0.384. The van der Waals surface area contributed by atoms with Gasteiger partial charge in [-0.1, -0.05) is 0 Å². The van der Waals surface area contributed by atoms with Crippen molar-refractivity contribution in [3.8, 4) is 0 Å². The molecule has 3 rings (SSSR count). The van der Waals surface area contributed by atoms with E-state index in [1.165, 1.54) is 16.4 Å². The van der Waals surface area contributed by atoms with Crippen LogP contribution in [0.25, 0.3) is 0 Å². The lowest BCUT2D eigenvalue weighted by atomic mass is 10.3. The lowest BCUT2D eigenvalue weighted by Gasteiger charge is -2.26. The van der Waals surface area contributed by atoms with Gasteiger partial charge in [0.05, 0.1) is 23.0 Å². The summed E-state index contributed by atoms with van der Waals surface area (Å²) in [5, 5.41) is 15.6. The van der Waals surface area contributed by atoms with Crippen LogP contribution >= 0.6 is 0 Å². The molecule has 0 amide bonds. The van der Waals surface area contributed by atoms with Crippen LogP contribution in [0.4, 0.5) is 11.4 Å². The highest BCUT2D eigenvalue weighted by molar-refractivity contribution is 7.89. The van der Waals surface area contributed by atoms with Gasteiger partial charge in [-0.25, -0.2) is 8.42 Å². The van der Waals surface area contributed by atoms with E-state index in [1.54, 1.807) is 26.0 Å². The molecule has 1 saturated heterocycles. The molecule has 28 heavy (non-hydrogen) atoms. The maximum Gasteiger partial charge on any atom is 0.295 e. The Morgan fingerprint density at radius 1 is 1.25 bits per heavy atom. The van der Waals surface area contributed by atoms with Crippen molar-refractivity contribution in [3.05, 3.63) is 52.0 Å². The Kier molecular flexibility index (Phi) is 5.77. The highest BCUT2D eigenvalue weighted by atomic mass is 32.2. The number of sulfonamides is 1. The van der Waals surface area contributed by atoms with Gasteiger partial charge in [0.2, 0.25) is 10.0 Å². The number of nitrogens with zero attached hydrogens (tertiary/aromatic N) is 3. The van der Waals surface area contributed by atoms with Gasteiger partial charge < -0.3 is 9.15 Å². The largest absolute Gasteiger partial charge is 0.460 e. The molecule has 1 aromatic heterocycles. The standard InChI is InChI=1S/C17H20N4O6S/c1-12-3-6-17(27-12)13(2)18-19-15-5-4-14(11-16(15)21(22)23)28(24,25)20-7-9-26-10-8-20/h3-6,11,19H,7-10H2,1-2H3. The summed E-state index contributed by atoms with van der Waals surface area (Å²) in [6.07, 6.45) is 0. The van der Waals surface area contributed by atoms with E-state index in [4.69, 9.17) is 9.15 Å². The molecule has 1 aliphatic heterocycles. The number of anilines is 1. The molecule has 150 valence electrons. The Labute approximate surface area is 162 Å². The molecule has 1 fully saturated rings. The molecule has 0 bridgehead atoms. The number of hydrogen-bond acceptors (Lipinski definition) is 8. The summed E-state index contributed by atoms with van der Waals surface area (Å²) < 4.78 is 37.3. The van der Waals surface area contributed by atoms with Gasteiger partial charge in [-0.3, -0.25) is 15.5 Å². The van der Waals surface area contributed by atoms with Crippen molar-refractivity contribution >= 4 is 27.1 Å². The van der Waals surface area contributed by atoms with Gasteiger partial charge >= 0.3 is 0 Å². The Balaban J connectivity index is 1.88. The fraction of sp³-hybridized carbons (Fsp3) is 0.353. The van der Waals surface area contributed by atoms with Crippen molar-refractivity contribution in [1.29, 1.82) is 0 Å². The number of benzene rings is 1. The second-order valence-electron chi connectivity index (χ2n) is 6.17. The molecule has 1 N–H and O–H groups in total.